The Morgan fingerprint density at radius 3 is 2.45 bits per heavy atom. The minimum atomic E-state index is -0.625. The van der Waals surface area contributed by atoms with Crippen LogP contribution in [0.4, 0.5) is 0 Å². The maximum absolute atomic E-state index is 11.6. The van der Waals surface area contributed by atoms with Crippen LogP contribution in [0.5, 0.6) is 17.2 Å². The van der Waals surface area contributed by atoms with Gasteiger partial charge in [-0.25, -0.2) is 4.79 Å². The molecule has 0 aliphatic heterocycles. The molecule has 0 saturated carbocycles. The summed E-state index contributed by atoms with van der Waals surface area (Å²) in [6, 6.07) is 12.2. The summed E-state index contributed by atoms with van der Waals surface area (Å²) in [6.07, 6.45) is 3.07. The first kappa shape index (κ1) is 15.4. The zero-order chi connectivity index (χ0) is 15.9. The van der Waals surface area contributed by atoms with Gasteiger partial charge in [-0.05, 0) is 23.8 Å². The van der Waals surface area contributed by atoms with Crippen LogP contribution in [0.3, 0.4) is 0 Å². The van der Waals surface area contributed by atoms with Gasteiger partial charge in [-0.1, -0.05) is 30.3 Å². The number of ether oxygens (including phenoxy) is 1. The molecule has 0 bridgehead atoms. The maximum atomic E-state index is 11.6. The first-order valence-corrected chi connectivity index (χ1v) is 6.70. The molecule has 2 rings (SSSR count). The number of carbonyl (C=O) groups is 1. The van der Waals surface area contributed by atoms with Gasteiger partial charge in [-0.2, -0.15) is 0 Å². The number of esters is 1. The molecule has 0 radical (unpaired) electrons. The van der Waals surface area contributed by atoms with Crippen molar-refractivity contribution in [1.82, 2.24) is 0 Å². The Morgan fingerprint density at radius 1 is 1.00 bits per heavy atom. The SMILES string of the molecule is O=C(C=Cc1ccc(O)c(O)c1O)OCCc1ccccc1. The minimum Gasteiger partial charge on any atom is -0.504 e. The summed E-state index contributed by atoms with van der Waals surface area (Å²) in [7, 11) is 0. The van der Waals surface area contributed by atoms with E-state index < -0.39 is 23.2 Å². The van der Waals surface area contributed by atoms with Gasteiger partial charge in [0.15, 0.2) is 11.5 Å². The van der Waals surface area contributed by atoms with Gasteiger partial charge < -0.3 is 20.1 Å². The zero-order valence-corrected chi connectivity index (χ0v) is 11.8. The second-order valence-electron chi connectivity index (χ2n) is 4.61. The molecule has 114 valence electrons. The van der Waals surface area contributed by atoms with Gasteiger partial charge in [0.2, 0.25) is 5.75 Å². The summed E-state index contributed by atoms with van der Waals surface area (Å²) in [5.74, 6) is -2.10. The molecule has 2 aromatic rings. The van der Waals surface area contributed by atoms with Crippen LogP contribution < -0.4 is 0 Å². The lowest BCUT2D eigenvalue weighted by molar-refractivity contribution is -0.137. The monoisotopic (exact) mass is 300 g/mol. The Labute approximate surface area is 127 Å². The van der Waals surface area contributed by atoms with E-state index in [0.29, 0.717) is 6.42 Å². The van der Waals surface area contributed by atoms with Gasteiger partial charge >= 0.3 is 5.97 Å². The molecule has 2 aromatic carbocycles. The highest BCUT2D eigenvalue weighted by atomic mass is 16.5. The highest BCUT2D eigenvalue weighted by Crippen LogP contribution is 2.37. The second-order valence-corrected chi connectivity index (χ2v) is 4.61. The normalized spacial score (nSPS) is 10.7. The Kier molecular flexibility index (Phi) is 5.03. The molecule has 0 amide bonds. The minimum absolute atomic E-state index is 0.204. The molecule has 5 heteroatoms. The van der Waals surface area contributed by atoms with Gasteiger partial charge in [0.1, 0.15) is 0 Å². The lowest BCUT2D eigenvalue weighted by atomic mass is 10.1. The Balaban J connectivity index is 1.88. The number of rotatable bonds is 5. The summed E-state index contributed by atoms with van der Waals surface area (Å²) in [4.78, 5) is 11.6. The van der Waals surface area contributed by atoms with Gasteiger partial charge in [0, 0.05) is 18.1 Å². The van der Waals surface area contributed by atoms with Crippen molar-refractivity contribution < 1.29 is 24.9 Å². The highest BCUT2D eigenvalue weighted by Gasteiger charge is 2.09. The average molecular weight is 300 g/mol. The Bertz CT molecular complexity index is 677. The van der Waals surface area contributed by atoms with E-state index in [1.165, 1.54) is 18.2 Å². The van der Waals surface area contributed by atoms with Crippen LogP contribution in [-0.4, -0.2) is 27.9 Å². The average Bonchev–Trinajstić information content (AvgIpc) is 2.53. The van der Waals surface area contributed by atoms with E-state index in [9.17, 15) is 20.1 Å². The van der Waals surface area contributed by atoms with Gasteiger partial charge in [0.25, 0.3) is 0 Å². The van der Waals surface area contributed by atoms with Crippen molar-refractivity contribution in [3.05, 3.63) is 59.7 Å². The molecule has 0 spiro atoms. The molecule has 0 heterocycles. The Morgan fingerprint density at radius 2 is 1.73 bits per heavy atom. The standard InChI is InChI=1S/C17H16O5/c18-14-8-6-13(16(20)17(14)21)7-9-15(19)22-11-10-12-4-2-1-3-5-12/h1-9,18,20-21H,10-11H2. The summed E-state index contributed by atoms with van der Waals surface area (Å²) < 4.78 is 5.04. The van der Waals surface area contributed by atoms with Crippen molar-refractivity contribution >= 4 is 12.0 Å². The predicted molar refractivity (Wildman–Crippen MR) is 81.6 cm³/mol. The summed E-state index contributed by atoms with van der Waals surface area (Å²) in [5.41, 5.74) is 1.27. The smallest absolute Gasteiger partial charge is 0.330 e. The topological polar surface area (TPSA) is 87.0 Å². The zero-order valence-electron chi connectivity index (χ0n) is 11.8. The van der Waals surface area contributed by atoms with Gasteiger partial charge in [-0.15, -0.1) is 0 Å². The first-order valence-electron chi connectivity index (χ1n) is 6.70. The van der Waals surface area contributed by atoms with Crippen molar-refractivity contribution in [2.24, 2.45) is 0 Å². The number of phenols is 3. The van der Waals surface area contributed by atoms with Crippen LogP contribution in [0.15, 0.2) is 48.5 Å². The number of carbonyl (C=O) groups excluding carboxylic acids is 1. The summed E-state index contributed by atoms with van der Waals surface area (Å²) in [6.45, 7) is 0.250. The molecule has 5 nitrogen and oxygen atoms in total. The number of benzene rings is 2. The van der Waals surface area contributed by atoms with Crippen LogP contribution in [0.1, 0.15) is 11.1 Å². The van der Waals surface area contributed by atoms with E-state index in [1.807, 2.05) is 30.3 Å². The number of hydrogen-bond donors (Lipinski definition) is 3. The van der Waals surface area contributed by atoms with Crippen LogP contribution in [0.2, 0.25) is 0 Å². The van der Waals surface area contributed by atoms with E-state index in [-0.39, 0.29) is 12.2 Å². The highest BCUT2D eigenvalue weighted by molar-refractivity contribution is 5.88. The molecule has 0 fully saturated rings. The van der Waals surface area contributed by atoms with Crippen molar-refractivity contribution in [3.8, 4) is 17.2 Å². The maximum Gasteiger partial charge on any atom is 0.330 e. The molecular weight excluding hydrogens is 284 g/mol. The predicted octanol–water partition coefficient (Wildman–Crippen LogP) is 2.60. The third-order valence-electron chi connectivity index (χ3n) is 3.04. The number of phenolic OH excluding ortho intramolecular Hbond substituents is 3. The van der Waals surface area contributed by atoms with E-state index in [4.69, 9.17) is 4.74 Å². The molecular formula is C17H16O5. The van der Waals surface area contributed by atoms with Crippen molar-refractivity contribution in [3.63, 3.8) is 0 Å². The number of aromatic hydroxyl groups is 3. The van der Waals surface area contributed by atoms with Gasteiger partial charge in [-0.3, -0.25) is 0 Å². The van der Waals surface area contributed by atoms with E-state index in [0.717, 1.165) is 11.6 Å². The molecule has 3 N–H and O–H groups in total. The Hall–Kier alpha value is -2.95. The van der Waals surface area contributed by atoms with E-state index in [1.54, 1.807) is 0 Å². The van der Waals surface area contributed by atoms with E-state index in [2.05, 4.69) is 0 Å². The van der Waals surface area contributed by atoms with Crippen molar-refractivity contribution in [2.75, 3.05) is 6.61 Å². The molecule has 0 aliphatic rings. The van der Waals surface area contributed by atoms with Crippen molar-refractivity contribution in [1.29, 1.82) is 0 Å². The fourth-order valence-corrected chi connectivity index (χ4v) is 1.84. The second kappa shape index (κ2) is 7.17. The molecule has 0 saturated heterocycles. The largest absolute Gasteiger partial charge is 0.504 e. The first-order chi connectivity index (χ1) is 10.6. The van der Waals surface area contributed by atoms with Crippen LogP contribution in [0, 0.1) is 0 Å². The number of hydrogen-bond acceptors (Lipinski definition) is 5. The molecule has 22 heavy (non-hydrogen) atoms. The van der Waals surface area contributed by atoms with Crippen LogP contribution >= 0.6 is 0 Å². The third-order valence-corrected chi connectivity index (χ3v) is 3.04. The quantitative estimate of drug-likeness (QED) is 0.449. The molecule has 0 atom stereocenters. The lowest BCUT2D eigenvalue weighted by Crippen LogP contribution is -2.04. The lowest BCUT2D eigenvalue weighted by Gasteiger charge is -2.04. The van der Waals surface area contributed by atoms with Crippen molar-refractivity contribution in [2.45, 2.75) is 6.42 Å². The third kappa shape index (κ3) is 4.02. The van der Waals surface area contributed by atoms with E-state index >= 15 is 0 Å². The molecule has 0 aliphatic carbocycles. The molecule has 0 aromatic heterocycles. The summed E-state index contributed by atoms with van der Waals surface area (Å²) in [5, 5.41) is 28.2. The van der Waals surface area contributed by atoms with Crippen LogP contribution in [-0.2, 0) is 16.0 Å². The van der Waals surface area contributed by atoms with Gasteiger partial charge in [0.05, 0.1) is 6.61 Å². The molecule has 0 unspecified atom stereocenters. The van der Waals surface area contributed by atoms with Crippen LogP contribution in [0.25, 0.3) is 6.08 Å². The fourth-order valence-electron chi connectivity index (χ4n) is 1.84. The summed E-state index contributed by atoms with van der Waals surface area (Å²) >= 11 is 0. The fraction of sp³-hybridized carbons (Fsp3) is 0.118.